The van der Waals surface area contributed by atoms with Crippen LogP contribution in [0.3, 0.4) is 0 Å². The van der Waals surface area contributed by atoms with Gasteiger partial charge in [-0.1, -0.05) is 218 Å². The van der Waals surface area contributed by atoms with Crippen molar-refractivity contribution >= 4 is 60.2 Å². The Bertz CT molecular complexity index is 3920. The Labute approximate surface area is 384 Å². The van der Waals surface area contributed by atoms with E-state index in [-0.39, 0.29) is 0 Å². The number of hydrogen-bond acceptors (Lipinski definition) is 1. The Hall–Kier alpha value is -8.52. The van der Waals surface area contributed by atoms with E-state index in [4.69, 9.17) is 0 Å². The lowest BCUT2D eigenvalue weighted by Gasteiger charge is -2.46. The third-order valence-corrected chi connectivity index (χ3v) is 14.6. The molecule has 0 aromatic heterocycles. The molecule has 12 aromatic carbocycles. The van der Waals surface area contributed by atoms with Gasteiger partial charge < -0.3 is 4.90 Å². The van der Waals surface area contributed by atoms with Crippen molar-refractivity contribution in [3.05, 3.63) is 271 Å². The van der Waals surface area contributed by atoms with Crippen molar-refractivity contribution < 1.29 is 0 Å². The van der Waals surface area contributed by atoms with Crippen molar-refractivity contribution in [3.8, 4) is 44.5 Å². The molecule has 66 heavy (non-hydrogen) atoms. The van der Waals surface area contributed by atoms with Crippen LogP contribution < -0.4 is 4.90 Å². The van der Waals surface area contributed by atoms with Gasteiger partial charge in [-0.3, -0.25) is 0 Å². The first-order chi connectivity index (χ1) is 32.7. The zero-order valence-electron chi connectivity index (χ0n) is 36.1. The van der Waals surface area contributed by atoms with Crippen molar-refractivity contribution in [1.29, 1.82) is 0 Å². The van der Waals surface area contributed by atoms with Crippen LogP contribution in [0.5, 0.6) is 0 Å². The van der Waals surface area contributed by atoms with Crippen LogP contribution in [0, 0.1) is 0 Å². The Kier molecular flexibility index (Phi) is 7.97. The van der Waals surface area contributed by atoms with E-state index in [9.17, 15) is 0 Å². The molecule has 0 aliphatic heterocycles. The molecule has 0 fully saturated rings. The van der Waals surface area contributed by atoms with Crippen molar-refractivity contribution in [1.82, 2.24) is 0 Å². The van der Waals surface area contributed by atoms with E-state index in [0.717, 1.165) is 17.1 Å². The molecule has 0 saturated heterocycles. The molecule has 0 heterocycles. The summed E-state index contributed by atoms with van der Waals surface area (Å²) in [5.41, 5.74) is 17.8. The maximum atomic E-state index is 2.56. The van der Waals surface area contributed by atoms with E-state index < -0.39 is 5.41 Å². The van der Waals surface area contributed by atoms with Crippen LogP contribution in [-0.4, -0.2) is 0 Å². The molecule has 0 bridgehead atoms. The summed E-state index contributed by atoms with van der Waals surface area (Å²) >= 11 is 0. The minimum absolute atomic E-state index is 0.677. The van der Waals surface area contributed by atoms with Crippen molar-refractivity contribution in [2.75, 3.05) is 4.90 Å². The van der Waals surface area contributed by atoms with Gasteiger partial charge in [0.25, 0.3) is 0 Å². The topological polar surface area (TPSA) is 3.24 Å². The summed E-state index contributed by atoms with van der Waals surface area (Å²) in [5.74, 6) is 0. The predicted octanol–water partition coefficient (Wildman–Crippen LogP) is 17.4. The molecule has 1 heteroatoms. The molecule has 1 spiro atoms. The van der Waals surface area contributed by atoms with Gasteiger partial charge in [0.05, 0.1) is 11.1 Å². The Morgan fingerprint density at radius 1 is 0.258 bits per heavy atom. The fourth-order valence-electron chi connectivity index (χ4n) is 11.8. The van der Waals surface area contributed by atoms with Gasteiger partial charge in [-0.15, -0.1) is 0 Å². The number of benzene rings is 12. The number of nitrogens with zero attached hydrogens (tertiary/aromatic N) is 1. The van der Waals surface area contributed by atoms with Gasteiger partial charge in [0.2, 0.25) is 0 Å². The molecular weight excluding hydrogens is 795 g/mol. The summed E-state index contributed by atoms with van der Waals surface area (Å²) in [6.07, 6.45) is 0. The zero-order valence-corrected chi connectivity index (χ0v) is 36.1. The number of fused-ring (bicyclic) bond motifs is 10. The molecular formula is C65H41N. The molecule has 12 aromatic rings. The first kappa shape index (κ1) is 36.9. The summed E-state index contributed by atoms with van der Waals surface area (Å²) in [6.45, 7) is 0. The minimum atomic E-state index is -0.677. The Morgan fingerprint density at radius 2 is 0.758 bits per heavy atom. The molecule has 0 N–H and O–H groups in total. The van der Waals surface area contributed by atoms with Crippen LogP contribution in [0.1, 0.15) is 22.3 Å². The summed E-state index contributed by atoms with van der Waals surface area (Å²) < 4.78 is 0. The van der Waals surface area contributed by atoms with Gasteiger partial charge in [-0.25, -0.2) is 0 Å². The summed E-state index contributed by atoms with van der Waals surface area (Å²) in [6, 6.07) is 93.3. The lowest BCUT2D eigenvalue weighted by Crippen LogP contribution is -2.36. The molecule has 2 aliphatic carbocycles. The van der Waals surface area contributed by atoms with Crippen LogP contribution in [0.25, 0.3) is 87.6 Å². The second-order valence-electron chi connectivity index (χ2n) is 17.9. The highest BCUT2D eigenvalue weighted by Crippen LogP contribution is 2.62. The van der Waals surface area contributed by atoms with Crippen LogP contribution in [0.4, 0.5) is 17.1 Å². The Morgan fingerprint density at radius 3 is 1.45 bits per heavy atom. The first-order valence-corrected chi connectivity index (χ1v) is 23.0. The minimum Gasteiger partial charge on any atom is -0.309 e. The second kappa shape index (κ2) is 14.2. The van der Waals surface area contributed by atoms with Crippen molar-refractivity contribution in [2.24, 2.45) is 0 Å². The normalized spacial score (nSPS) is 14.4. The average molecular weight is 836 g/mol. The molecule has 14 rings (SSSR count). The monoisotopic (exact) mass is 835 g/mol. The van der Waals surface area contributed by atoms with Gasteiger partial charge in [0.15, 0.2) is 0 Å². The van der Waals surface area contributed by atoms with E-state index in [1.54, 1.807) is 0 Å². The van der Waals surface area contributed by atoms with E-state index >= 15 is 0 Å². The standard InChI is InChI=1S/C65H41N/c1-3-15-42(16-4-1)49-33-37-54-56-27-11-22-46-24-13-29-58(62(46)56)65(60(54)40-49)59-30-14-25-47-23-12-28-57(63(47)59)55-38-35-51(41-61(55)65)66(50-34-31-43-17-7-8-21-48(43)39-50)64-52-26-10-9-20-45(52)32-36-53(64)44-18-5-2-6-19-44/h1-41H/t65-/m1/s1. The smallest absolute Gasteiger partial charge is 0.0726 e. The van der Waals surface area contributed by atoms with E-state index in [1.807, 2.05) is 0 Å². The van der Waals surface area contributed by atoms with Gasteiger partial charge >= 0.3 is 0 Å². The van der Waals surface area contributed by atoms with Crippen LogP contribution in [0.15, 0.2) is 249 Å². The molecule has 0 radical (unpaired) electrons. The fraction of sp³-hybridized carbons (Fsp3) is 0.0154. The van der Waals surface area contributed by atoms with Gasteiger partial charge in [-0.05, 0) is 129 Å². The molecule has 0 saturated carbocycles. The lowest BCUT2D eigenvalue weighted by atomic mass is 9.55. The second-order valence-corrected chi connectivity index (χ2v) is 17.9. The van der Waals surface area contributed by atoms with E-state index in [0.29, 0.717) is 0 Å². The summed E-state index contributed by atoms with van der Waals surface area (Å²) in [5, 5.41) is 9.97. The molecule has 0 amide bonds. The van der Waals surface area contributed by atoms with Gasteiger partial charge in [0, 0.05) is 22.3 Å². The largest absolute Gasteiger partial charge is 0.309 e. The third kappa shape index (κ3) is 5.23. The SMILES string of the molecule is c1ccc(-c2ccc3c(c2)[C@@]2(c4cc(N(c5ccc6ccccc6c5)c5c(-c6ccccc6)ccc6ccccc56)ccc4-c4cccc5cccc2c45)c2cccc4cccc-3c24)cc1. The molecule has 306 valence electrons. The van der Waals surface area contributed by atoms with E-state index in [2.05, 4.69) is 254 Å². The third-order valence-electron chi connectivity index (χ3n) is 14.6. The fourth-order valence-corrected chi connectivity index (χ4v) is 11.8. The maximum absolute atomic E-state index is 2.56. The quantitative estimate of drug-likeness (QED) is 0.167. The zero-order chi connectivity index (χ0) is 43.3. The molecule has 1 nitrogen and oxygen atoms in total. The highest BCUT2D eigenvalue weighted by molar-refractivity contribution is 6.12. The van der Waals surface area contributed by atoms with Crippen molar-refractivity contribution in [2.45, 2.75) is 5.41 Å². The highest BCUT2D eigenvalue weighted by Gasteiger charge is 2.49. The summed E-state index contributed by atoms with van der Waals surface area (Å²) in [4.78, 5) is 2.55. The van der Waals surface area contributed by atoms with Crippen LogP contribution >= 0.6 is 0 Å². The van der Waals surface area contributed by atoms with E-state index in [1.165, 1.54) is 110 Å². The predicted molar refractivity (Wildman–Crippen MR) is 278 cm³/mol. The molecule has 1 atom stereocenters. The molecule has 0 unspecified atom stereocenters. The van der Waals surface area contributed by atoms with Crippen molar-refractivity contribution in [3.63, 3.8) is 0 Å². The van der Waals surface area contributed by atoms with Gasteiger partial charge in [0.1, 0.15) is 0 Å². The van der Waals surface area contributed by atoms with Crippen LogP contribution in [-0.2, 0) is 5.41 Å². The highest BCUT2D eigenvalue weighted by atomic mass is 15.1. The van der Waals surface area contributed by atoms with Gasteiger partial charge in [-0.2, -0.15) is 0 Å². The first-order valence-electron chi connectivity index (χ1n) is 23.0. The lowest BCUT2D eigenvalue weighted by molar-refractivity contribution is 0.755. The molecule has 2 aliphatic rings. The average Bonchev–Trinajstić information content (AvgIpc) is 3.39. The maximum Gasteiger partial charge on any atom is 0.0726 e. The Balaban J connectivity index is 1.15. The summed E-state index contributed by atoms with van der Waals surface area (Å²) in [7, 11) is 0. The number of anilines is 3. The van der Waals surface area contributed by atoms with Crippen LogP contribution in [0.2, 0.25) is 0 Å². The number of hydrogen-bond donors (Lipinski definition) is 0. The number of rotatable bonds is 5.